The van der Waals surface area contributed by atoms with Gasteiger partial charge in [-0.15, -0.1) is 0 Å². The molecule has 0 spiro atoms. The molecular weight excluding hydrogens is 328 g/mol. The van der Waals surface area contributed by atoms with Crippen molar-refractivity contribution in [1.29, 1.82) is 0 Å². The van der Waals surface area contributed by atoms with Gasteiger partial charge in [-0.2, -0.15) is 0 Å². The van der Waals surface area contributed by atoms with E-state index in [1.165, 1.54) is 0 Å². The van der Waals surface area contributed by atoms with Gasteiger partial charge in [0.1, 0.15) is 5.82 Å². The third-order valence-corrected chi connectivity index (χ3v) is 4.88. The zero-order chi connectivity index (χ0) is 18.5. The molecule has 1 aliphatic carbocycles. The van der Waals surface area contributed by atoms with Gasteiger partial charge < -0.3 is 21.5 Å². The first kappa shape index (κ1) is 18.2. The van der Waals surface area contributed by atoms with Gasteiger partial charge in [-0.05, 0) is 49.1 Å². The topological polar surface area (TPSA) is 100 Å². The lowest BCUT2D eigenvalue weighted by atomic mass is 9.92. The normalized spacial score (nSPS) is 19.8. The number of pyridine rings is 1. The van der Waals surface area contributed by atoms with Crippen LogP contribution in [-0.4, -0.2) is 28.1 Å². The first-order chi connectivity index (χ1) is 12.5. The van der Waals surface area contributed by atoms with E-state index in [0.29, 0.717) is 17.9 Å². The number of aliphatic hydroxyl groups excluding tert-OH is 1. The number of nitrogen functional groups attached to an aromatic ring is 1. The van der Waals surface area contributed by atoms with Crippen molar-refractivity contribution < 1.29 is 9.90 Å². The Bertz CT molecular complexity index is 761. The van der Waals surface area contributed by atoms with E-state index >= 15 is 0 Å². The Hall–Kier alpha value is -2.60. The summed E-state index contributed by atoms with van der Waals surface area (Å²) in [7, 11) is 0. The molecule has 138 valence electrons. The number of carbonyl (C=O) groups is 1. The van der Waals surface area contributed by atoms with Crippen molar-refractivity contribution in [3.05, 3.63) is 53.2 Å². The molecule has 0 aliphatic heterocycles. The molecule has 5 N–H and O–H groups in total. The Morgan fingerprint density at radius 1 is 1.27 bits per heavy atom. The summed E-state index contributed by atoms with van der Waals surface area (Å²) in [5.74, 6) is 0.349. The Balaban J connectivity index is 1.66. The van der Waals surface area contributed by atoms with Gasteiger partial charge in [0.25, 0.3) is 5.91 Å². The highest BCUT2D eigenvalue weighted by atomic mass is 16.3. The lowest BCUT2D eigenvalue weighted by molar-refractivity contribution is 0.0717. The fraction of sp³-hybridized carbons (Fsp3) is 0.400. The van der Waals surface area contributed by atoms with Crippen LogP contribution in [0.2, 0.25) is 0 Å². The molecule has 1 saturated carbocycles. The molecule has 0 unspecified atom stereocenters. The van der Waals surface area contributed by atoms with E-state index in [9.17, 15) is 9.90 Å². The number of hydrogen-bond donors (Lipinski definition) is 4. The highest BCUT2D eigenvalue weighted by molar-refractivity contribution is 5.95. The summed E-state index contributed by atoms with van der Waals surface area (Å²) in [4.78, 5) is 16.6. The number of aromatic nitrogens is 1. The third kappa shape index (κ3) is 4.52. The van der Waals surface area contributed by atoms with Crippen molar-refractivity contribution >= 4 is 17.4 Å². The predicted molar refractivity (Wildman–Crippen MR) is 103 cm³/mol. The van der Waals surface area contributed by atoms with E-state index in [4.69, 9.17) is 5.73 Å². The molecule has 2 atom stereocenters. The lowest BCUT2D eigenvalue weighted by Gasteiger charge is -2.28. The van der Waals surface area contributed by atoms with Gasteiger partial charge in [0, 0.05) is 24.0 Å². The molecule has 0 bridgehead atoms. The van der Waals surface area contributed by atoms with Crippen molar-refractivity contribution in [2.75, 3.05) is 11.1 Å². The molecular formula is C20H26N4O2. The lowest BCUT2D eigenvalue weighted by Crippen LogP contribution is -2.45. The molecule has 1 aromatic carbocycles. The Kier molecular flexibility index (Phi) is 5.73. The number of aryl methyl sites for hydroxylation is 1. The van der Waals surface area contributed by atoms with Crippen LogP contribution in [0.25, 0.3) is 0 Å². The molecule has 6 heteroatoms. The average Bonchev–Trinajstić information content (AvgIpc) is 2.64. The van der Waals surface area contributed by atoms with E-state index in [2.05, 4.69) is 15.6 Å². The minimum Gasteiger partial charge on any atom is -0.391 e. The number of amides is 1. The van der Waals surface area contributed by atoms with E-state index in [1.807, 2.05) is 31.2 Å². The smallest absolute Gasteiger partial charge is 0.251 e. The number of rotatable bonds is 5. The average molecular weight is 354 g/mol. The van der Waals surface area contributed by atoms with Crippen LogP contribution in [0, 0.1) is 6.92 Å². The molecule has 1 amide bonds. The second kappa shape index (κ2) is 8.19. The van der Waals surface area contributed by atoms with Gasteiger partial charge in [-0.25, -0.2) is 4.98 Å². The number of hydrogen-bond acceptors (Lipinski definition) is 5. The molecule has 26 heavy (non-hydrogen) atoms. The van der Waals surface area contributed by atoms with Gasteiger partial charge in [0.15, 0.2) is 0 Å². The molecule has 1 fully saturated rings. The van der Waals surface area contributed by atoms with E-state index in [1.54, 1.807) is 12.3 Å². The van der Waals surface area contributed by atoms with E-state index in [-0.39, 0.29) is 11.9 Å². The predicted octanol–water partition coefficient (Wildman–Crippen LogP) is 2.62. The maximum absolute atomic E-state index is 12.6. The van der Waals surface area contributed by atoms with Crippen molar-refractivity contribution in [3.8, 4) is 0 Å². The van der Waals surface area contributed by atoms with Crippen LogP contribution in [0.1, 0.15) is 47.2 Å². The van der Waals surface area contributed by atoms with E-state index in [0.717, 1.165) is 42.5 Å². The molecule has 3 rings (SSSR count). The summed E-state index contributed by atoms with van der Waals surface area (Å²) in [6.45, 7) is 2.59. The van der Waals surface area contributed by atoms with Crippen molar-refractivity contribution in [2.24, 2.45) is 0 Å². The maximum Gasteiger partial charge on any atom is 0.251 e. The molecule has 2 aromatic rings. The fourth-order valence-corrected chi connectivity index (χ4v) is 3.22. The van der Waals surface area contributed by atoms with Crippen molar-refractivity contribution in [3.63, 3.8) is 0 Å². The van der Waals surface area contributed by atoms with Crippen LogP contribution >= 0.6 is 0 Å². The minimum atomic E-state index is -0.450. The SMILES string of the molecule is Cc1ccc(C(=O)N[C@H]2CCCC[C@@H]2O)cc1NCc1ccc(N)nc1. The summed E-state index contributed by atoms with van der Waals surface area (Å²) >= 11 is 0. The minimum absolute atomic E-state index is 0.145. The molecule has 6 nitrogen and oxygen atoms in total. The molecule has 1 aromatic heterocycles. The first-order valence-electron chi connectivity index (χ1n) is 9.07. The molecule has 0 radical (unpaired) electrons. The summed E-state index contributed by atoms with van der Waals surface area (Å²) in [5, 5.41) is 16.4. The molecule has 1 heterocycles. The van der Waals surface area contributed by atoms with Crippen LogP contribution in [0.5, 0.6) is 0 Å². The largest absolute Gasteiger partial charge is 0.391 e. The van der Waals surface area contributed by atoms with Gasteiger partial charge in [0.2, 0.25) is 0 Å². The first-order valence-corrected chi connectivity index (χ1v) is 9.07. The Morgan fingerprint density at radius 2 is 2.08 bits per heavy atom. The van der Waals surface area contributed by atoms with Crippen LogP contribution in [0.15, 0.2) is 36.5 Å². The second-order valence-corrected chi connectivity index (χ2v) is 6.91. The molecule has 1 aliphatic rings. The fourth-order valence-electron chi connectivity index (χ4n) is 3.22. The van der Waals surface area contributed by atoms with Crippen molar-refractivity contribution in [2.45, 2.75) is 51.3 Å². The molecule has 0 saturated heterocycles. The zero-order valence-electron chi connectivity index (χ0n) is 15.0. The van der Waals surface area contributed by atoms with Crippen LogP contribution in [0.4, 0.5) is 11.5 Å². The number of carbonyl (C=O) groups excluding carboxylic acids is 1. The van der Waals surface area contributed by atoms with Crippen molar-refractivity contribution in [1.82, 2.24) is 10.3 Å². The second-order valence-electron chi connectivity index (χ2n) is 6.91. The highest BCUT2D eigenvalue weighted by Gasteiger charge is 2.24. The highest BCUT2D eigenvalue weighted by Crippen LogP contribution is 2.21. The van der Waals surface area contributed by atoms with Crippen LogP contribution in [-0.2, 0) is 6.54 Å². The maximum atomic E-state index is 12.6. The van der Waals surface area contributed by atoms with Gasteiger partial charge in [-0.3, -0.25) is 4.79 Å². The Labute approximate surface area is 153 Å². The monoisotopic (exact) mass is 354 g/mol. The Morgan fingerprint density at radius 3 is 2.81 bits per heavy atom. The quantitative estimate of drug-likeness (QED) is 0.661. The summed E-state index contributed by atoms with van der Waals surface area (Å²) in [5.41, 5.74) is 9.17. The van der Waals surface area contributed by atoms with Crippen LogP contribution in [0.3, 0.4) is 0 Å². The number of nitrogens with two attached hydrogens (primary N) is 1. The number of benzene rings is 1. The summed E-state index contributed by atoms with van der Waals surface area (Å²) in [6, 6.07) is 9.13. The van der Waals surface area contributed by atoms with Crippen LogP contribution < -0.4 is 16.4 Å². The summed E-state index contributed by atoms with van der Waals surface area (Å²) in [6.07, 6.45) is 4.92. The standard InChI is InChI=1S/C20H26N4O2/c1-13-6-8-15(20(26)24-16-4-2-3-5-18(16)25)10-17(13)22-11-14-7-9-19(21)23-12-14/h6-10,12,16,18,22,25H,2-5,11H2,1H3,(H2,21,23)(H,24,26)/t16-,18-/m0/s1. The number of nitrogens with zero attached hydrogens (tertiary/aromatic N) is 1. The van der Waals surface area contributed by atoms with E-state index < -0.39 is 6.10 Å². The number of nitrogens with one attached hydrogen (secondary N) is 2. The van der Waals surface area contributed by atoms with Gasteiger partial charge >= 0.3 is 0 Å². The number of anilines is 2. The summed E-state index contributed by atoms with van der Waals surface area (Å²) < 4.78 is 0. The van der Waals surface area contributed by atoms with Gasteiger partial charge in [-0.1, -0.05) is 25.0 Å². The van der Waals surface area contributed by atoms with Gasteiger partial charge in [0.05, 0.1) is 12.1 Å². The number of aliphatic hydroxyl groups is 1. The third-order valence-electron chi connectivity index (χ3n) is 4.88. The zero-order valence-corrected chi connectivity index (χ0v) is 15.0.